The molecule has 2 N–H and O–H groups in total. The minimum Gasteiger partial charge on any atom is -0.326 e. The minimum atomic E-state index is -3.86. The second-order valence-electron chi connectivity index (χ2n) is 7.91. The largest absolute Gasteiger partial charge is 0.326 e. The van der Waals surface area contributed by atoms with Gasteiger partial charge in [0.2, 0.25) is 5.91 Å². The zero-order valence-electron chi connectivity index (χ0n) is 17.3. The van der Waals surface area contributed by atoms with E-state index in [0.717, 1.165) is 34.3 Å². The van der Waals surface area contributed by atoms with Gasteiger partial charge in [0.15, 0.2) is 0 Å². The number of carbonyl (C=O) groups excluding carboxylic acids is 1. The zero-order chi connectivity index (χ0) is 23.0. The van der Waals surface area contributed by atoms with Gasteiger partial charge in [-0.15, -0.1) is 0 Å². The van der Waals surface area contributed by atoms with Gasteiger partial charge in [0, 0.05) is 29.4 Å². The van der Waals surface area contributed by atoms with E-state index < -0.39 is 15.8 Å². The molecule has 1 unspecified atom stereocenters. The van der Waals surface area contributed by atoms with Gasteiger partial charge in [-0.25, -0.2) is 17.8 Å². The highest BCUT2D eigenvalue weighted by molar-refractivity contribution is 7.92. The highest BCUT2D eigenvalue weighted by Gasteiger charge is 2.44. The molecule has 2 heterocycles. The van der Waals surface area contributed by atoms with Gasteiger partial charge in [-0.05, 0) is 65.8 Å². The van der Waals surface area contributed by atoms with Gasteiger partial charge in [0.25, 0.3) is 10.0 Å². The van der Waals surface area contributed by atoms with Gasteiger partial charge in [0.1, 0.15) is 11.6 Å². The van der Waals surface area contributed by atoms with Crippen LogP contribution in [0.2, 0.25) is 0 Å². The molecule has 2 aromatic carbocycles. The summed E-state index contributed by atoms with van der Waals surface area (Å²) in [6.07, 6.45) is 5.12. The molecule has 4 aromatic rings. The van der Waals surface area contributed by atoms with Crippen LogP contribution in [0.3, 0.4) is 0 Å². The smallest absolute Gasteiger partial charge is 0.263 e. The lowest BCUT2D eigenvalue weighted by Gasteiger charge is -2.09. The number of halogens is 1. The monoisotopic (exact) mass is 462 g/mol. The van der Waals surface area contributed by atoms with E-state index in [-0.39, 0.29) is 28.5 Å². The van der Waals surface area contributed by atoms with Crippen molar-refractivity contribution in [3.05, 3.63) is 90.6 Å². The lowest BCUT2D eigenvalue weighted by Crippen LogP contribution is -2.15. The summed E-state index contributed by atoms with van der Waals surface area (Å²) in [5.41, 5.74) is 1.63. The number of hydrogen-bond acceptors (Lipinski definition) is 5. The van der Waals surface area contributed by atoms with Crippen molar-refractivity contribution in [2.24, 2.45) is 5.92 Å². The second kappa shape index (κ2) is 8.25. The number of pyridine rings is 2. The van der Waals surface area contributed by atoms with Crippen LogP contribution in [0.25, 0.3) is 10.8 Å². The summed E-state index contributed by atoms with van der Waals surface area (Å²) < 4.78 is 40.4. The lowest BCUT2D eigenvalue weighted by molar-refractivity contribution is -0.117. The number of rotatable bonds is 6. The van der Waals surface area contributed by atoms with E-state index in [4.69, 9.17) is 0 Å². The summed E-state index contributed by atoms with van der Waals surface area (Å²) in [4.78, 5) is 20.5. The fourth-order valence-electron chi connectivity index (χ4n) is 3.78. The van der Waals surface area contributed by atoms with Crippen LogP contribution in [0, 0.1) is 11.7 Å². The zero-order valence-corrected chi connectivity index (χ0v) is 18.1. The normalized spacial score (nSPS) is 17.5. The predicted octanol–water partition coefficient (Wildman–Crippen LogP) is 4.31. The van der Waals surface area contributed by atoms with E-state index in [1.54, 1.807) is 24.5 Å². The van der Waals surface area contributed by atoms with E-state index >= 15 is 0 Å². The number of carbonyl (C=O) groups is 1. The van der Waals surface area contributed by atoms with Gasteiger partial charge in [-0.3, -0.25) is 14.5 Å². The first-order valence-corrected chi connectivity index (χ1v) is 11.8. The van der Waals surface area contributed by atoms with Gasteiger partial charge < -0.3 is 5.32 Å². The van der Waals surface area contributed by atoms with E-state index in [9.17, 15) is 17.6 Å². The summed E-state index contributed by atoms with van der Waals surface area (Å²) in [7, 11) is -3.86. The molecule has 0 spiro atoms. The Hall–Kier alpha value is -3.85. The Morgan fingerprint density at radius 3 is 2.55 bits per heavy atom. The van der Waals surface area contributed by atoms with Crippen molar-refractivity contribution in [2.75, 3.05) is 10.0 Å². The molecule has 1 amide bonds. The van der Waals surface area contributed by atoms with Crippen molar-refractivity contribution in [3.63, 3.8) is 0 Å². The van der Waals surface area contributed by atoms with Gasteiger partial charge in [0.05, 0.1) is 11.1 Å². The summed E-state index contributed by atoms with van der Waals surface area (Å²) in [5, 5.41) is 4.96. The maximum absolute atomic E-state index is 13.0. The third kappa shape index (κ3) is 4.54. The maximum atomic E-state index is 13.0. The van der Waals surface area contributed by atoms with Crippen molar-refractivity contribution in [1.82, 2.24) is 9.97 Å². The molecule has 0 saturated heterocycles. The van der Waals surface area contributed by atoms with Crippen LogP contribution < -0.4 is 10.0 Å². The number of fused-ring (bicyclic) bond motifs is 1. The third-order valence-electron chi connectivity index (χ3n) is 5.62. The first-order valence-electron chi connectivity index (χ1n) is 10.3. The second-order valence-corrected chi connectivity index (χ2v) is 9.59. The van der Waals surface area contributed by atoms with Crippen molar-refractivity contribution in [3.8, 4) is 0 Å². The van der Waals surface area contributed by atoms with Gasteiger partial charge in [-0.1, -0.05) is 18.2 Å². The molecule has 0 bridgehead atoms. The number of benzene rings is 2. The van der Waals surface area contributed by atoms with Gasteiger partial charge >= 0.3 is 0 Å². The fourth-order valence-corrected chi connectivity index (χ4v) is 4.78. The highest BCUT2D eigenvalue weighted by Crippen LogP contribution is 2.48. The molecule has 1 saturated carbocycles. The SMILES string of the molecule is O=C(Nc1ccc2cnccc2c1)[C@@H]1CC1c1ccc(S(=O)(=O)Nc2ccc(F)cn2)cc1. The first-order chi connectivity index (χ1) is 15.9. The Bertz CT molecular complexity index is 1440. The lowest BCUT2D eigenvalue weighted by atomic mass is 10.1. The molecule has 2 aromatic heterocycles. The summed E-state index contributed by atoms with van der Waals surface area (Å²) in [6, 6.07) is 16.4. The summed E-state index contributed by atoms with van der Waals surface area (Å²) in [6.45, 7) is 0. The molecule has 1 aliphatic carbocycles. The third-order valence-corrected chi connectivity index (χ3v) is 6.99. The molecule has 7 nitrogen and oxygen atoms in total. The number of amides is 1. The van der Waals surface area contributed by atoms with Crippen molar-refractivity contribution in [2.45, 2.75) is 17.2 Å². The Morgan fingerprint density at radius 2 is 1.79 bits per heavy atom. The van der Waals surface area contributed by atoms with E-state index in [1.807, 2.05) is 24.3 Å². The topological polar surface area (TPSA) is 101 Å². The Balaban J connectivity index is 1.23. The maximum Gasteiger partial charge on any atom is 0.263 e. The minimum absolute atomic E-state index is 0.0318. The summed E-state index contributed by atoms with van der Waals surface area (Å²) >= 11 is 0. The van der Waals surface area contributed by atoms with Crippen molar-refractivity contribution in [1.29, 1.82) is 0 Å². The number of sulfonamides is 1. The first kappa shape index (κ1) is 21.0. The van der Waals surface area contributed by atoms with Crippen LogP contribution in [0.5, 0.6) is 0 Å². The van der Waals surface area contributed by atoms with E-state index in [1.165, 1.54) is 18.2 Å². The predicted molar refractivity (Wildman–Crippen MR) is 123 cm³/mol. The number of aromatic nitrogens is 2. The molecule has 1 fully saturated rings. The Morgan fingerprint density at radius 1 is 0.970 bits per heavy atom. The molecule has 9 heteroatoms. The molecule has 0 radical (unpaired) electrons. The number of nitrogens with zero attached hydrogens (tertiary/aromatic N) is 2. The van der Waals surface area contributed by atoms with Crippen molar-refractivity contribution >= 4 is 38.2 Å². The average Bonchev–Trinajstić information content (AvgIpc) is 3.62. The quantitative estimate of drug-likeness (QED) is 0.445. The number of nitrogens with one attached hydrogen (secondary N) is 2. The number of hydrogen-bond donors (Lipinski definition) is 2. The van der Waals surface area contributed by atoms with E-state index in [2.05, 4.69) is 20.0 Å². The Kier molecular flexibility index (Phi) is 5.26. The number of anilines is 2. The van der Waals surface area contributed by atoms with Crippen LogP contribution in [0.1, 0.15) is 17.9 Å². The molecule has 2 atom stereocenters. The van der Waals surface area contributed by atoms with Crippen LogP contribution in [0.15, 0.2) is 84.1 Å². The molecular weight excluding hydrogens is 443 g/mol. The van der Waals surface area contributed by atoms with Crippen LogP contribution in [-0.2, 0) is 14.8 Å². The molecule has 1 aliphatic rings. The molecule has 5 rings (SSSR count). The van der Waals surface area contributed by atoms with Gasteiger partial charge in [-0.2, -0.15) is 0 Å². The Labute approximate surface area is 189 Å². The summed E-state index contributed by atoms with van der Waals surface area (Å²) in [5.74, 6) is -0.706. The highest BCUT2D eigenvalue weighted by atomic mass is 32.2. The molecular formula is C24H19FN4O3S. The molecule has 33 heavy (non-hydrogen) atoms. The van der Waals surface area contributed by atoms with Crippen LogP contribution in [0.4, 0.5) is 15.9 Å². The average molecular weight is 463 g/mol. The molecule has 0 aliphatic heterocycles. The van der Waals surface area contributed by atoms with E-state index in [0.29, 0.717) is 6.42 Å². The standard InChI is InChI=1S/C24H19FN4O3S/c25-18-4-8-23(27-14-18)29-33(31,32)20-6-2-15(3-7-20)21-12-22(21)24(30)28-19-5-1-17-13-26-10-9-16(17)11-19/h1-11,13-14,21-22H,12H2,(H,27,29)(H,28,30)/t21?,22-/m1/s1. The van der Waals surface area contributed by atoms with Crippen molar-refractivity contribution < 1.29 is 17.6 Å². The van der Waals surface area contributed by atoms with Crippen LogP contribution in [-0.4, -0.2) is 24.3 Å². The molecule has 166 valence electrons. The van der Waals surface area contributed by atoms with Crippen LogP contribution >= 0.6 is 0 Å². The fraction of sp³-hybridized carbons (Fsp3) is 0.125.